The number of aromatic nitrogens is 2. The van der Waals surface area contributed by atoms with Gasteiger partial charge in [-0.2, -0.15) is 0 Å². The Hall–Kier alpha value is -1.44. The number of rotatable bonds is 0. The molecule has 0 fully saturated rings. The summed E-state index contributed by atoms with van der Waals surface area (Å²) in [5.74, 6) is 0. The summed E-state index contributed by atoms with van der Waals surface area (Å²) >= 11 is 0. The van der Waals surface area contributed by atoms with Gasteiger partial charge in [0.1, 0.15) is 0 Å². The van der Waals surface area contributed by atoms with Crippen LogP contribution in [0.25, 0.3) is 11.0 Å². The van der Waals surface area contributed by atoms with Gasteiger partial charge in [0.15, 0.2) is 0 Å². The standard InChI is InChI=1S/C12H14N2/c1-7-5-8(2)12-11(6-7)13-9(3)10(4)14-12/h5-6H,1-4H3. The van der Waals surface area contributed by atoms with E-state index in [4.69, 9.17) is 0 Å². The minimum atomic E-state index is 1.01. The van der Waals surface area contributed by atoms with E-state index in [1.165, 1.54) is 11.1 Å². The summed E-state index contributed by atoms with van der Waals surface area (Å²) in [7, 11) is 0. The maximum atomic E-state index is 4.55. The van der Waals surface area contributed by atoms with Crippen LogP contribution in [0.3, 0.4) is 0 Å². The van der Waals surface area contributed by atoms with E-state index in [0.717, 1.165) is 22.4 Å². The second-order valence-electron chi connectivity index (χ2n) is 3.84. The Labute approximate surface area is 84.0 Å². The maximum absolute atomic E-state index is 4.55. The number of hydrogen-bond acceptors (Lipinski definition) is 2. The highest BCUT2D eigenvalue weighted by Gasteiger charge is 2.04. The minimum absolute atomic E-state index is 1.01. The molecule has 0 aliphatic carbocycles. The van der Waals surface area contributed by atoms with Gasteiger partial charge in [-0.25, -0.2) is 9.97 Å². The van der Waals surface area contributed by atoms with Crippen LogP contribution in [0.15, 0.2) is 12.1 Å². The Balaban J connectivity index is 2.89. The lowest BCUT2D eigenvalue weighted by atomic mass is 10.1. The first-order valence-electron chi connectivity index (χ1n) is 4.80. The summed E-state index contributed by atoms with van der Waals surface area (Å²) in [4.78, 5) is 9.09. The minimum Gasteiger partial charge on any atom is -0.250 e. The molecule has 0 bridgehead atoms. The molecule has 0 aliphatic rings. The van der Waals surface area contributed by atoms with Crippen molar-refractivity contribution in [1.29, 1.82) is 0 Å². The van der Waals surface area contributed by atoms with Gasteiger partial charge in [0, 0.05) is 0 Å². The van der Waals surface area contributed by atoms with E-state index in [0.29, 0.717) is 0 Å². The lowest BCUT2D eigenvalue weighted by molar-refractivity contribution is 1.09. The third-order valence-electron chi connectivity index (χ3n) is 2.52. The molecule has 14 heavy (non-hydrogen) atoms. The van der Waals surface area contributed by atoms with Crippen LogP contribution in [0.1, 0.15) is 22.5 Å². The quantitative estimate of drug-likeness (QED) is 0.632. The second-order valence-corrected chi connectivity index (χ2v) is 3.84. The zero-order valence-electron chi connectivity index (χ0n) is 9.05. The smallest absolute Gasteiger partial charge is 0.0919 e. The van der Waals surface area contributed by atoms with Crippen LogP contribution < -0.4 is 0 Å². The van der Waals surface area contributed by atoms with Gasteiger partial charge >= 0.3 is 0 Å². The molecule has 0 saturated heterocycles. The van der Waals surface area contributed by atoms with Crippen LogP contribution in [-0.2, 0) is 0 Å². The Kier molecular flexibility index (Phi) is 1.99. The maximum Gasteiger partial charge on any atom is 0.0919 e. The molecule has 2 heteroatoms. The van der Waals surface area contributed by atoms with Crippen molar-refractivity contribution in [3.63, 3.8) is 0 Å². The van der Waals surface area contributed by atoms with Crippen molar-refractivity contribution < 1.29 is 0 Å². The normalized spacial score (nSPS) is 10.9. The fourth-order valence-corrected chi connectivity index (χ4v) is 1.68. The molecule has 2 nitrogen and oxygen atoms in total. The SMILES string of the molecule is Cc1cc(C)c2nc(C)c(C)nc2c1. The molecule has 1 aromatic carbocycles. The summed E-state index contributed by atoms with van der Waals surface area (Å²) in [5, 5.41) is 0. The predicted octanol–water partition coefficient (Wildman–Crippen LogP) is 2.86. The van der Waals surface area contributed by atoms with E-state index < -0.39 is 0 Å². The predicted molar refractivity (Wildman–Crippen MR) is 58.5 cm³/mol. The lowest BCUT2D eigenvalue weighted by Gasteiger charge is -2.05. The van der Waals surface area contributed by atoms with E-state index in [2.05, 4.69) is 35.9 Å². The summed E-state index contributed by atoms with van der Waals surface area (Å²) in [5.41, 5.74) is 6.51. The monoisotopic (exact) mass is 186 g/mol. The van der Waals surface area contributed by atoms with Crippen LogP contribution in [0.4, 0.5) is 0 Å². The summed E-state index contributed by atoms with van der Waals surface area (Å²) in [6.07, 6.45) is 0. The van der Waals surface area contributed by atoms with Gasteiger partial charge in [-0.15, -0.1) is 0 Å². The molecule has 1 heterocycles. The van der Waals surface area contributed by atoms with Gasteiger partial charge < -0.3 is 0 Å². The Morgan fingerprint density at radius 1 is 0.857 bits per heavy atom. The molecule has 0 N–H and O–H groups in total. The van der Waals surface area contributed by atoms with Crippen molar-refractivity contribution in [3.05, 3.63) is 34.6 Å². The average molecular weight is 186 g/mol. The van der Waals surface area contributed by atoms with Crippen LogP contribution in [-0.4, -0.2) is 9.97 Å². The molecule has 0 aliphatic heterocycles. The third-order valence-corrected chi connectivity index (χ3v) is 2.52. The first kappa shape index (κ1) is 9.13. The van der Waals surface area contributed by atoms with Crippen LogP contribution in [0, 0.1) is 27.7 Å². The van der Waals surface area contributed by atoms with Crippen molar-refractivity contribution in [2.75, 3.05) is 0 Å². The fraction of sp³-hybridized carbons (Fsp3) is 0.333. The molecule has 2 aromatic rings. The first-order valence-corrected chi connectivity index (χ1v) is 4.80. The molecule has 0 unspecified atom stereocenters. The second kappa shape index (κ2) is 3.05. The van der Waals surface area contributed by atoms with Gasteiger partial charge in [-0.05, 0) is 44.9 Å². The molecule has 0 spiro atoms. The summed E-state index contributed by atoms with van der Waals surface area (Å²) < 4.78 is 0. The molecule has 0 atom stereocenters. The molecule has 72 valence electrons. The van der Waals surface area contributed by atoms with Crippen molar-refractivity contribution >= 4 is 11.0 Å². The van der Waals surface area contributed by atoms with Crippen molar-refractivity contribution in [1.82, 2.24) is 9.97 Å². The summed E-state index contributed by atoms with van der Waals surface area (Å²) in [6, 6.07) is 4.23. The Bertz CT molecular complexity index is 501. The third kappa shape index (κ3) is 1.37. The topological polar surface area (TPSA) is 25.8 Å². The van der Waals surface area contributed by atoms with Gasteiger partial charge in [0.2, 0.25) is 0 Å². The molecule has 2 rings (SSSR count). The highest BCUT2D eigenvalue weighted by Crippen LogP contribution is 2.18. The molecule has 0 saturated carbocycles. The molecule has 0 radical (unpaired) electrons. The molecular formula is C12H14N2. The highest BCUT2D eigenvalue weighted by molar-refractivity contribution is 5.78. The van der Waals surface area contributed by atoms with Gasteiger partial charge in [0.05, 0.1) is 22.4 Å². The van der Waals surface area contributed by atoms with E-state index in [-0.39, 0.29) is 0 Å². The number of nitrogens with zero attached hydrogens (tertiary/aromatic N) is 2. The largest absolute Gasteiger partial charge is 0.250 e. The van der Waals surface area contributed by atoms with Gasteiger partial charge in [-0.1, -0.05) is 6.07 Å². The van der Waals surface area contributed by atoms with Crippen LogP contribution in [0.5, 0.6) is 0 Å². The van der Waals surface area contributed by atoms with Crippen molar-refractivity contribution in [2.45, 2.75) is 27.7 Å². The van der Waals surface area contributed by atoms with E-state index in [1.807, 2.05) is 13.8 Å². The van der Waals surface area contributed by atoms with E-state index in [1.54, 1.807) is 0 Å². The lowest BCUT2D eigenvalue weighted by Crippen LogP contribution is -1.95. The number of aryl methyl sites for hydroxylation is 4. The number of hydrogen-bond donors (Lipinski definition) is 0. The molecule has 1 aromatic heterocycles. The zero-order valence-corrected chi connectivity index (χ0v) is 9.05. The molecular weight excluding hydrogens is 172 g/mol. The molecule has 0 amide bonds. The van der Waals surface area contributed by atoms with Crippen molar-refractivity contribution in [3.8, 4) is 0 Å². The average Bonchev–Trinajstić information content (AvgIpc) is 2.08. The zero-order chi connectivity index (χ0) is 10.3. The van der Waals surface area contributed by atoms with E-state index in [9.17, 15) is 0 Å². The van der Waals surface area contributed by atoms with Crippen LogP contribution >= 0.6 is 0 Å². The fourth-order valence-electron chi connectivity index (χ4n) is 1.68. The highest BCUT2D eigenvalue weighted by atomic mass is 14.8. The number of benzene rings is 1. The number of fused-ring (bicyclic) bond motifs is 1. The Morgan fingerprint density at radius 3 is 2.21 bits per heavy atom. The first-order chi connectivity index (χ1) is 6.58. The van der Waals surface area contributed by atoms with Crippen molar-refractivity contribution in [2.24, 2.45) is 0 Å². The Morgan fingerprint density at radius 2 is 1.50 bits per heavy atom. The van der Waals surface area contributed by atoms with Gasteiger partial charge in [-0.3, -0.25) is 0 Å². The summed E-state index contributed by atoms with van der Waals surface area (Å²) in [6.45, 7) is 8.17. The van der Waals surface area contributed by atoms with Crippen LogP contribution in [0.2, 0.25) is 0 Å². The van der Waals surface area contributed by atoms with Gasteiger partial charge in [0.25, 0.3) is 0 Å². The van der Waals surface area contributed by atoms with E-state index >= 15 is 0 Å².